The minimum absolute atomic E-state index is 0. The average molecular weight is 309 g/mol. The monoisotopic (exact) mass is 309 g/mol. The molecule has 10 heteroatoms. The molecule has 0 saturated carbocycles. The smallest absolute Gasteiger partial charge is 0.481 e. The van der Waals surface area contributed by atoms with Crippen molar-refractivity contribution in [3.63, 3.8) is 0 Å². The third-order valence-electron chi connectivity index (χ3n) is 1.29. The van der Waals surface area contributed by atoms with Gasteiger partial charge in [-0.25, -0.2) is 4.79 Å². The van der Waals surface area contributed by atoms with Crippen molar-refractivity contribution in [2.24, 2.45) is 0 Å². The molecule has 74 valence electrons. The molecule has 0 amide bonds. The molecule has 0 aromatic carbocycles. The molecule has 4 N–H and O–H groups in total. The van der Waals surface area contributed by atoms with Crippen LogP contribution in [0.5, 0.6) is 0 Å². The first-order valence-electron chi connectivity index (χ1n) is 3.17. The molecule has 0 aliphatic carbocycles. The molecule has 0 fully saturated rings. The molecule has 0 aromatic rings. The minimum atomic E-state index is -2.74. The Morgan fingerprint density at radius 2 is 1.06 bits per heavy atom. The molecule has 0 saturated heterocycles. The van der Waals surface area contributed by atoms with E-state index in [1.807, 2.05) is 0 Å². The van der Waals surface area contributed by atoms with Crippen molar-refractivity contribution in [2.45, 2.75) is 18.4 Å². The number of hydrogen-bond donors (Lipinski definition) is 4. The fraction of sp³-hybridized carbons (Fsp3) is 0.500. The minimum Gasteiger partial charge on any atom is -0.481 e. The summed E-state index contributed by atoms with van der Waals surface area (Å²) in [5, 5.41) is 33.8. The van der Waals surface area contributed by atoms with Gasteiger partial charge in [0.15, 0.2) is 5.60 Å². The van der Waals surface area contributed by atoms with E-state index in [1.54, 1.807) is 0 Å². The summed E-state index contributed by atoms with van der Waals surface area (Å²) in [6.07, 6.45) is -2.29. The fourth-order valence-electron chi connectivity index (χ4n) is 0.714. The van der Waals surface area contributed by atoms with E-state index in [0.29, 0.717) is 0 Å². The van der Waals surface area contributed by atoms with Gasteiger partial charge in [0, 0.05) is 0 Å². The van der Waals surface area contributed by atoms with Crippen LogP contribution >= 0.6 is 0 Å². The first kappa shape index (κ1) is 27.6. The Labute approximate surface area is 219 Å². The topological polar surface area (TPSA) is 132 Å². The summed E-state index contributed by atoms with van der Waals surface area (Å²) < 4.78 is 0. The zero-order chi connectivity index (χ0) is 10.6. The van der Waals surface area contributed by atoms with Crippen LogP contribution in [0.15, 0.2) is 0 Å². The van der Waals surface area contributed by atoms with E-state index in [9.17, 15) is 14.4 Å². The molecule has 0 bridgehead atoms. The van der Waals surface area contributed by atoms with Gasteiger partial charge in [0.25, 0.3) is 0 Å². The Balaban J connectivity index is -0.000000240. The number of aliphatic carboxylic acids is 3. The van der Waals surface area contributed by atoms with Gasteiger partial charge >= 0.3 is 172 Å². The molecule has 0 heterocycles. The number of rotatable bonds is 5. The maximum absolute atomic E-state index is 10.3. The van der Waals surface area contributed by atoms with E-state index in [1.165, 1.54) is 0 Å². The summed E-state index contributed by atoms with van der Waals surface area (Å²) in [4.78, 5) is 30.5. The Morgan fingerprint density at radius 1 is 0.812 bits per heavy atom. The number of aliphatic hydroxyl groups is 1. The summed E-state index contributed by atoms with van der Waals surface area (Å²) in [5.41, 5.74) is -2.74. The Hall–Kier alpha value is 3.28. The predicted octanol–water partition coefficient (Wildman–Crippen LogP) is -10.2. The Morgan fingerprint density at radius 3 is 1.19 bits per heavy atom. The Bertz CT molecular complexity index is 239. The van der Waals surface area contributed by atoms with E-state index in [-0.39, 0.29) is 154 Å². The van der Waals surface area contributed by atoms with Gasteiger partial charge in [0.1, 0.15) is 0 Å². The van der Waals surface area contributed by atoms with Gasteiger partial charge in [-0.05, 0) is 0 Å². The zero-order valence-corrected chi connectivity index (χ0v) is 18.8. The van der Waals surface area contributed by atoms with Crippen LogP contribution in [0.25, 0.3) is 0 Å². The number of carboxylic acids is 3. The molecule has 0 spiro atoms. The molecule has 0 unspecified atom stereocenters. The number of carbonyl (C=O) groups is 3. The average Bonchev–Trinajstić information content (AvgIpc) is 1.82. The van der Waals surface area contributed by atoms with Crippen molar-refractivity contribution in [1.82, 2.24) is 0 Å². The summed E-state index contributed by atoms with van der Waals surface area (Å²) in [6, 6.07) is 0. The summed E-state index contributed by atoms with van der Waals surface area (Å²) >= 11 is 0. The largest absolute Gasteiger partial charge is 1.00 e. The van der Waals surface area contributed by atoms with Crippen LogP contribution in [0.1, 0.15) is 12.8 Å². The zero-order valence-electron chi connectivity index (χ0n) is 9.43. The molecule has 0 rings (SSSR count). The van der Waals surface area contributed by atoms with E-state index in [0.717, 1.165) is 0 Å². The molecule has 0 aromatic heterocycles. The second-order valence-corrected chi connectivity index (χ2v) is 2.48. The predicted molar refractivity (Wildman–Crippen MR) is 37.1 cm³/mol. The van der Waals surface area contributed by atoms with Crippen molar-refractivity contribution < 1.29 is 189 Å². The van der Waals surface area contributed by atoms with E-state index < -0.39 is 36.4 Å². The maximum Gasteiger partial charge on any atom is 1.00 e. The van der Waals surface area contributed by atoms with Crippen molar-refractivity contribution in [2.75, 3.05) is 0 Å². The first-order valence-corrected chi connectivity index (χ1v) is 3.17. The third kappa shape index (κ3) is 12.3. The normalized spacial score (nSPS) is 8.81. The molecular weight excluding hydrogens is 301 g/mol. The maximum atomic E-state index is 10.3. The third-order valence-corrected chi connectivity index (χ3v) is 1.29. The van der Waals surface area contributed by atoms with Gasteiger partial charge in [-0.3, -0.25) is 9.59 Å². The van der Waals surface area contributed by atoms with Crippen LogP contribution in [0.4, 0.5) is 0 Å². The van der Waals surface area contributed by atoms with Crippen molar-refractivity contribution in [3.05, 3.63) is 0 Å². The van der Waals surface area contributed by atoms with Crippen molar-refractivity contribution in [3.8, 4) is 0 Å². The van der Waals surface area contributed by atoms with Crippen LogP contribution < -0.4 is 154 Å². The first-order chi connectivity index (χ1) is 5.78. The van der Waals surface area contributed by atoms with E-state index in [4.69, 9.17) is 20.4 Å². The molecule has 0 aliphatic heterocycles. The van der Waals surface area contributed by atoms with Crippen LogP contribution in [-0.2, 0) is 14.4 Å². The Kier molecular flexibility index (Phi) is 22.9. The molecule has 0 atom stereocenters. The van der Waals surface area contributed by atoms with Gasteiger partial charge in [-0.15, -0.1) is 0 Å². The standard InChI is InChI=1S/C6H8O7.3K/c7-3(8)1-6(13,5(11)12)2-4(9)10;;;/h13H,1-2H2,(H,7,8)(H,9,10)(H,11,12);;;/q;3*+1. The van der Waals surface area contributed by atoms with Crippen LogP contribution in [0.3, 0.4) is 0 Å². The van der Waals surface area contributed by atoms with Crippen molar-refractivity contribution in [1.29, 1.82) is 0 Å². The molecule has 0 aliphatic rings. The quantitative estimate of drug-likeness (QED) is 0.371. The van der Waals surface area contributed by atoms with Gasteiger partial charge in [-0.1, -0.05) is 0 Å². The van der Waals surface area contributed by atoms with Gasteiger partial charge in [0.2, 0.25) is 0 Å². The molecule has 16 heavy (non-hydrogen) atoms. The van der Waals surface area contributed by atoms with E-state index in [2.05, 4.69) is 0 Å². The van der Waals surface area contributed by atoms with E-state index >= 15 is 0 Å². The molecule has 0 radical (unpaired) electrons. The fourth-order valence-corrected chi connectivity index (χ4v) is 0.714. The second kappa shape index (κ2) is 13.3. The second-order valence-electron chi connectivity index (χ2n) is 2.48. The van der Waals surface area contributed by atoms with Crippen LogP contribution in [-0.4, -0.2) is 43.9 Å². The number of carboxylic acid groups (broad SMARTS) is 3. The summed E-state index contributed by atoms with van der Waals surface area (Å²) in [6.45, 7) is 0. The summed E-state index contributed by atoms with van der Waals surface area (Å²) in [5.74, 6) is -5.02. The number of hydrogen-bond acceptors (Lipinski definition) is 4. The summed E-state index contributed by atoms with van der Waals surface area (Å²) in [7, 11) is 0. The van der Waals surface area contributed by atoms with Crippen LogP contribution in [0, 0.1) is 0 Å². The van der Waals surface area contributed by atoms with Gasteiger partial charge < -0.3 is 20.4 Å². The SMILES string of the molecule is O=C(O)CC(O)(CC(=O)O)C(=O)O.[K+].[K+].[K+]. The van der Waals surface area contributed by atoms with Crippen LogP contribution in [0.2, 0.25) is 0 Å². The van der Waals surface area contributed by atoms with Crippen molar-refractivity contribution >= 4 is 17.9 Å². The molecule has 7 nitrogen and oxygen atoms in total. The molecular formula is C6H8K3O7+3. The van der Waals surface area contributed by atoms with Gasteiger partial charge in [0.05, 0.1) is 12.8 Å². The van der Waals surface area contributed by atoms with Gasteiger partial charge in [-0.2, -0.15) is 0 Å².